The number of esters is 2. The van der Waals surface area contributed by atoms with Crippen LogP contribution in [-0.4, -0.2) is 76.5 Å². The minimum atomic E-state index is -3.96. The zero-order valence-electron chi connectivity index (χ0n) is 30.4. The van der Waals surface area contributed by atoms with Crippen LogP contribution in [0.5, 0.6) is 0 Å². The topological polar surface area (TPSA) is 169 Å². The Labute approximate surface area is 308 Å². The largest absolute Gasteiger partial charge is 0.438 e. The Morgan fingerprint density at radius 2 is 1.67 bits per heavy atom. The van der Waals surface area contributed by atoms with E-state index in [-0.39, 0.29) is 22.4 Å². The average Bonchev–Trinajstić information content (AvgIpc) is 3.81. The molecule has 2 aliphatic heterocycles. The van der Waals surface area contributed by atoms with Gasteiger partial charge in [-0.05, 0) is 74.3 Å². The first-order valence-corrected chi connectivity index (χ1v) is 20.3. The lowest BCUT2D eigenvalue weighted by molar-refractivity contribution is -0.193. The molecule has 0 amide bonds. The molecule has 282 valence electrons. The summed E-state index contributed by atoms with van der Waals surface area (Å²) in [6, 6.07) is 4.34. The van der Waals surface area contributed by atoms with Gasteiger partial charge in [0.2, 0.25) is 13.6 Å². The normalized spacial score (nSPS) is 23.7. The molecule has 17 heteroatoms. The number of hydrogen-bond donors (Lipinski definition) is 1. The number of anilines is 1. The maximum Gasteiger partial charge on any atom is 0.346 e. The zero-order valence-corrected chi connectivity index (χ0v) is 32.8. The molecule has 2 aromatic rings. The fraction of sp³-hybridized carbons (Fsp3) is 0.706. The highest BCUT2D eigenvalue weighted by molar-refractivity contribution is 8.04. The van der Waals surface area contributed by atoms with Gasteiger partial charge in [0.1, 0.15) is 29.5 Å². The van der Waals surface area contributed by atoms with Crippen LogP contribution in [0.15, 0.2) is 12.3 Å². The first-order valence-electron chi connectivity index (χ1n) is 17.0. The quantitative estimate of drug-likeness (QED) is 0.0929. The number of aromatic nitrogens is 2. The number of fused-ring (bicyclic) bond motifs is 2. The van der Waals surface area contributed by atoms with Crippen molar-refractivity contribution in [2.75, 3.05) is 30.1 Å². The smallest absolute Gasteiger partial charge is 0.346 e. The summed E-state index contributed by atoms with van der Waals surface area (Å²) in [6.45, 7) is 12.5. The average molecular weight is 771 g/mol. The minimum absolute atomic E-state index is 0.0909. The standard InChI is InChI=1S/C34H48ClN4O10PS/c1-32(2,3)30(40)43-17-45-50(42,46-18-44-31(41)33(4,5)6)19-51-16-23-25-26(49-34(7,8)48-25)29(47-23)39-14-13-21-24(37-20-11-9-10-12-20)22(15-36)27(35)38-28(21)39/h13-14,20,23,25-26,29H,9-12,16-19H2,1-8H3,(H,37,38)/t23-,25-,26-,29-/m1/s1. The van der Waals surface area contributed by atoms with Gasteiger partial charge in [-0.1, -0.05) is 24.4 Å². The molecule has 1 aliphatic carbocycles. The van der Waals surface area contributed by atoms with Gasteiger partial charge in [0, 0.05) is 23.4 Å². The number of carbonyl (C=O) groups is 2. The Morgan fingerprint density at radius 1 is 1.08 bits per heavy atom. The van der Waals surface area contributed by atoms with Gasteiger partial charge in [0.05, 0.1) is 28.1 Å². The molecule has 4 atom stereocenters. The second-order valence-corrected chi connectivity index (χ2v) is 19.3. The number of nitrogens with zero attached hydrogens (tertiary/aromatic N) is 3. The summed E-state index contributed by atoms with van der Waals surface area (Å²) in [6.07, 6.45) is 3.88. The number of nitrogens with one attached hydrogen (secondary N) is 1. The monoisotopic (exact) mass is 770 g/mol. The summed E-state index contributed by atoms with van der Waals surface area (Å²) < 4.78 is 56.2. The SMILES string of the molecule is CC1(C)O[C@@H]2[C@H](O1)[C@@H](CSCP(=O)(OCOC(=O)C(C)(C)C)OCOC(=O)C(C)(C)C)O[C@H]2n1ccc2c(NC3CCCC3)c(C#N)c(Cl)nc21. The molecule has 3 fully saturated rings. The number of carbonyl (C=O) groups excluding carboxylic acids is 2. The van der Waals surface area contributed by atoms with Crippen molar-refractivity contribution < 1.29 is 46.9 Å². The van der Waals surface area contributed by atoms with Crippen LogP contribution in [0.25, 0.3) is 11.0 Å². The maximum atomic E-state index is 13.8. The summed E-state index contributed by atoms with van der Waals surface area (Å²) in [5, 5.41) is 14.3. The van der Waals surface area contributed by atoms with Gasteiger partial charge in [0.15, 0.2) is 17.2 Å². The number of rotatable bonds is 13. The molecule has 0 unspecified atom stereocenters. The van der Waals surface area contributed by atoms with E-state index in [9.17, 15) is 19.4 Å². The van der Waals surface area contributed by atoms with Crippen molar-refractivity contribution in [2.24, 2.45) is 10.8 Å². The van der Waals surface area contributed by atoms with Gasteiger partial charge >= 0.3 is 19.5 Å². The van der Waals surface area contributed by atoms with E-state index >= 15 is 0 Å². The van der Waals surface area contributed by atoms with Crippen LogP contribution in [0.4, 0.5) is 5.69 Å². The molecular weight excluding hydrogens is 723 g/mol. The minimum Gasteiger partial charge on any atom is -0.438 e. The Balaban J connectivity index is 1.32. The van der Waals surface area contributed by atoms with Crippen LogP contribution < -0.4 is 5.32 Å². The molecule has 1 N–H and O–H groups in total. The molecule has 4 heterocycles. The highest BCUT2D eigenvalue weighted by atomic mass is 35.5. The van der Waals surface area contributed by atoms with Crippen LogP contribution >= 0.6 is 31.0 Å². The lowest BCUT2D eigenvalue weighted by Gasteiger charge is -2.25. The van der Waals surface area contributed by atoms with Gasteiger partial charge in [-0.25, -0.2) is 4.98 Å². The van der Waals surface area contributed by atoms with Gasteiger partial charge < -0.3 is 33.6 Å². The Hall–Kier alpha value is -2.41. The molecule has 0 radical (unpaired) electrons. The Morgan fingerprint density at radius 3 is 2.24 bits per heavy atom. The lowest BCUT2D eigenvalue weighted by atomic mass is 9.98. The van der Waals surface area contributed by atoms with Crippen molar-refractivity contribution in [3.63, 3.8) is 0 Å². The zero-order chi connectivity index (χ0) is 37.4. The second kappa shape index (κ2) is 15.5. The van der Waals surface area contributed by atoms with E-state index in [1.165, 1.54) is 11.8 Å². The van der Waals surface area contributed by atoms with E-state index < -0.39 is 74.3 Å². The van der Waals surface area contributed by atoms with E-state index in [4.69, 9.17) is 44.3 Å². The van der Waals surface area contributed by atoms with Crippen molar-refractivity contribution in [3.05, 3.63) is 23.0 Å². The molecule has 0 spiro atoms. The van der Waals surface area contributed by atoms with E-state index in [1.54, 1.807) is 41.5 Å². The summed E-state index contributed by atoms with van der Waals surface area (Å²) >= 11 is 7.80. The van der Waals surface area contributed by atoms with E-state index in [1.807, 2.05) is 30.7 Å². The van der Waals surface area contributed by atoms with Crippen LogP contribution in [0.3, 0.4) is 0 Å². The summed E-state index contributed by atoms with van der Waals surface area (Å²) in [5.41, 5.74) is -0.284. The lowest BCUT2D eigenvalue weighted by Crippen LogP contribution is -2.31. The molecule has 3 aliphatic rings. The van der Waals surface area contributed by atoms with Crippen molar-refractivity contribution >= 4 is 59.6 Å². The molecule has 2 aromatic heterocycles. The molecule has 5 rings (SSSR count). The van der Waals surface area contributed by atoms with Crippen LogP contribution in [-0.2, 0) is 46.9 Å². The van der Waals surface area contributed by atoms with E-state index in [0.29, 0.717) is 16.9 Å². The van der Waals surface area contributed by atoms with Gasteiger partial charge in [0.25, 0.3) is 0 Å². The number of hydrogen-bond acceptors (Lipinski definition) is 14. The highest BCUT2D eigenvalue weighted by Crippen LogP contribution is 2.52. The molecule has 14 nitrogen and oxygen atoms in total. The molecule has 0 aromatic carbocycles. The third-order valence-electron chi connectivity index (χ3n) is 8.67. The second-order valence-electron chi connectivity index (χ2n) is 15.4. The fourth-order valence-electron chi connectivity index (χ4n) is 6.03. The van der Waals surface area contributed by atoms with Crippen LogP contribution in [0, 0.1) is 22.2 Å². The Bertz CT molecular complexity index is 1660. The molecule has 2 saturated heterocycles. The third kappa shape index (κ3) is 9.40. The molecular formula is C34H48ClN4O10PS. The molecule has 1 saturated carbocycles. The number of pyridine rings is 1. The summed E-state index contributed by atoms with van der Waals surface area (Å²) in [5.74, 6) is -1.71. The third-order valence-corrected chi connectivity index (χ3v) is 12.5. The van der Waals surface area contributed by atoms with E-state index in [2.05, 4.69) is 16.4 Å². The first-order chi connectivity index (χ1) is 23.8. The van der Waals surface area contributed by atoms with Crippen LogP contribution in [0.2, 0.25) is 5.15 Å². The van der Waals surface area contributed by atoms with Crippen LogP contribution in [0.1, 0.15) is 92.9 Å². The van der Waals surface area contributed by atoms with Gasteiger partial charge in [-0.2, -0.15) is 5.26 Å². The van der Waals surface area contributed by atoms with Crippen molar-refractivity contribution in [1.29, 1.82) is 5.26 Å². The predicted octanol–water partition coefficient (Wildman–Crippen LogP) is 7.34. The van der Waals surface area contributed by atoms with Gasteiger partial charge in [-0.15, -0.1) is 11.8 Å². The van der Waals surface area contributed by atoms with E-state index in [0.717, 1.165) is 31.1 Å². The summed E-state index contributed by atoms with van der Waals surface area (Å²) in [7, 11) is -3.96. The highest BCUT2D eigenvalue weighted by Gasteiger charge is 2.56. The predicted molar refractivity (Wildman–Crippen MR) is 191 cm³/mol. The van der Waals surface area contributed by atoms with Crippen molar-refractivity contribution in [2.45, 2.75) is 117 Å². The molecule has 51 heavy (non-hydrogen) atoms. The number of nitriles is 1. The van der Waals surface area contributed by atoms with Crippen molar-refractivity contribution in [1.82, 2.24) is 9.55 Å². The number of halogens is 1. The van der Waals surface area contributed by atoms with Crippen molar-refractivity contribution in [3.8, 4) is 6.07 Å². The van der Waals surface area contributed by atoms with Gasteiger partial charge in [-0.3, -0.25) is 23.2 Å². The first kappa shape index (κ1) is 39.8. The fourth-order valence-corrected chi connectivity index (χ4v) is 9.16. The Kier molecular flexibility index (Phi) is 12.1. The number of ether oxygens (including phenoxy) is 5. The summed E-state index contributed by atoms with van der Waals surface area (Å²) in [4.78, 5) is 29.2. The maximum absolute atomic E-state index is 13.8. The number of thioether (sulfide) groups is 1. The molecule has 0 bridgehead atoms.